The summed E-state index contributed by atoms with van der Waals surface area (Å²) < 4.78 is 45.1. The van der Waals surface area contributed by atoms with E-state index in [1.807, 2.05) is 0 Å². The molecule has 0 bridgehead atoms. The molecule has 2 aromatic carbocycles. The second kappa shape index (κ2) is 4.96. The average molecular weight is 314 g/mol. The maximum atomic E-state index is 12.1. The van der Waals surface area contributed by atoms with Gasteiger partial charge >= 0.3 is 6.36 Å². The van der Waals surface area contributed by atoms with Crippen molar-refractivity contribution in [1.29, 1.82) is 0 Å². The first-order valence-corrected chi connectivity index (χ1v) is 6.21. The van der Waals surface area contributed by atoms with Crippen LogP contribution in [0.5, 0.6) is 5.75 Å². The van der Waals surface area contributed by atoms with Crippen molar-refractivity contribution in [2.75, 3.05) is 0 Å². The number of nitrogens with zero attached hydrogens (tertiary/aromatic N) is 1. The third-order valence-electron chi connectivity index (χ3n) is 2.85. The normalized spacial score (nSPS) is 11.8. The van der Waals surface area contributed by atoms with Gasteiger partial charge in [0.15, 0.2) is 10.7 Å². The lowest BCUT2D eigenvalue weighted by Crippen LogP contribution is -2.16. The third-order valence-corrected chi connectivity index (χ3v) is 3.12. The third kappa shape index (κ3) is 2.95. The van der Waals surface area contributed by atoms with E-state index < -0.39 is 6.36 Å². The van der Waals surface area contributed by atoms with Crippen molar-refractivity contribution in [1.82, 2.24) is 5.16 Å². The molecule has 0 atom stereocenters. The smallest absolute Gasteiger partial charge is 0.406 e. The predicted octanol–water partition coefficient (Wildman–Crippen LogP) is 5.05. The quantitative estimate of drug-likeness (QED) is 0.664. The maximum Gasteiger partial charge on any atom is 0.573 e. The first kappa shape index (κ1) is 13.8. The Bertz CT molecular complexity index is 781. The number of hydrogen-bond acceptors (Lipinski definition) is 3. The van der Waals surface area contributed by atoms with Gasteiger partial charge in [-0.15, -0.1) is 13.2 Å². The highest BCUT2D eigenvalue weighted by Crippen LogP contribution is 2.30. The summed E-state index contributed by atoms with van der Waals surface area (Å²) in [4.78, 5) is 0. The Morgan fingerprint density at radius 1 is 1.00 bits per heavy atom. The largest absolute Gasteiger partial charge is 0.573 e. The van der Waals surface area contributed by atoms with E-state index in [4.69, 9.17) is 16.1 Å². The van der Waals surface area contributed by atoms with Gasteiger partial charge < -0.3 is 9.26 Å². The topological polar surface area (TPSA) is 35.3 Å². The van der Waals surface area contributed by atoms with Gasteiger partial charge in [0, 0.05) is 0 Å². The van der Waals surface area contributed by atoms with Crippen LogP contribution < -0.4 is 4.74 Å². The van der Waals surface area contributed by atoms with Crippen LogP contribution in [-0.2, 0) is 0 Å². The van der Waals surface area contributed by atoms with Crippen LogP contribution in [0.3, 0.4) is 0 Å². The molecule has 0 saturated carbocycles. The molecule has 1 aromatic heterocycles. The summed E-state index contributed by atoms with van der Waals surface area (Å²) in [7, 11) is 0. The highest BCUT2D eigenvalue weighted by molar-refractivity contribution is 6.34. The van der Waals surface area contributed by atoms with Crippen molar-refractivity contribution < 1.29 is 22.4 Å². The molecule has 3 nitrogen and oxygen atoms in total. The Balaban J connectivity index is 1.93. The van der Waals surface area contributed by atoms with Gasteiger partial charge in [0.2, 0.25) is 0 Å². The zero-order valence-electron chi connectivity index (χ0n) is 10.3. The summed E-state index contributed by atoms with van der Waals surface area (Å²) in [5.41, 5.74) is 2.05. The summed E-state index contributed by atoms with van der Waals surface area (Å²) in [5, 5.41) is 4.51. The van der Waals surface area contributed by atoms with Crippen LogP contribution in [0.4, 0.5) is 13.2 Å². The highest BCUT2D eigenvalue weighted by atomic mass is 35.5. The molecule has 0 amide bonds. The molecule has 0 radical (unpaired) electrons. The van der Waals surface area contributed by atoms with Crippen LogP contribution in [-0.4, -0.2) is 11.5 Å². The zero-order chi connectivity index (χ0) is 15.0. The SMILES string of the molecule is FC(F)(F)Oc1ccc(-c2ccc3onc(Cl)c3c2)cc1. The zero-order valence-corrected chi connectivity index (χ0v) is 11.1. The summed E-state index contributed by atoms with van der Waals surface area (Å²) in [6.07, 6.45) is -4.70. The van der Waals surface area contributed by atoms with E-state index in [0.717, 1.165) is 11.1 Å². The van der Waals surface area contributed by atoms with Gasteiger partial charge in [-0.05, 0) is 35.4 Å². The molecule has 108 valence electrons. The second-order valence-corrected chi connectivity index (χ2v) is 4.61. The Kier molecular flexibility index (Phi) is 3.25. The molecule has 3 rings (SSSR count). The number of ether oxygens (including phenoxy) is 1. The predicted molar refractivity (Wildman–Crippen MR) is 71.1 cm³/mol. The first-order chi connectivity index (χ1) is 9.92. The van der Waals surface area contributed by atoms with Crippen LogP contribution in [0, 0.1) is 0 Å². The molecule has 7 heteroatoms. The minimum absolute atomic E-state index is 0.240. The summed E-state index contributed by atoms with van der Waals surface area (Å²) in [6, 6.07) is 10.8. The van der Waals surface area contributed by atoms with Crippen molar-refractivity contribution in [3.05, 3.63) is 47.6 Å². The number of alkyl halides is 3. The van der Waals surface area contributed by atoms with E-state index in [1.54, 1.807) is 18.2 Å². The standard InChI is InChI=1S/C14H7ClF3NO2/c15-13-11-7-9(3-6-12(11)21-19-13)8-1-4-10(5-2-8)20-14(16,17)18/h1-7H. The summed E-state index contributed by atoms with van der Waals surface area (Å²) in [6.45, 7) is 0. The Morgan fingerprint density at radius 3 is 2.33 bits per heavy atom. The minimum Gasteiger partial charge on any atom is -0.406 e. The van der Waals surface area contributed by atoms with Crippen molar-refractivity contribution >= 4 is 22.6 Å². The fourth-order valence-corrected chi connectivity index (χ4v) is 2.12. The molecule has 0 N–H and O–H groups in total. The van der Waals surface area contributed by atoms with Gasteiger partial charge in [-0.25, -0.2) is 0 Å². The van der Waals surface area contributed by atoms with Crippen molar-refractivity contribution in [3.8, 4) is 16.9 Å². The molecular weight excluding hydrogens is 307 g/mol. The maximum absolute atomic E-state index is 12.1. The highest BCUT2D eigenvalue weighted by Gasteiger charge is 2.30. The molecule has 21 heavy (non-hydrogen) atoms. The molecule has 0 unspecified atom stereocenters. The van der Waals surface area contributed by atoms with Gasteiger partial charge in [-0.1, -0.05) is 35.0 Å². The summed E-state index contributed by atoms with van der Waals surface area (Å²) >= 11 is 5.88. The number of aromatic nitrogens is 1. The van der Waals surface area contributed by atoms with Crippen LogP contribution in [0.1, 0.15) is 0 Å². The lowest BCUT2D eigenvalue weighted by atomic mass is 10.0. The van der Waals surface area contributed by atoms with Crippen molar-refractivity contribution in [2.24, 2.45) is 0 Å². The molecule has 1 heterocycles. The molecule has 0 spiro atoms. The van der Waals surface area contributed by atoms with E-state index in [-0.39, 0.29) is 10.9 Å². The van der Waals surface area contributed by atoms with Crippen LogP contribution in [0.2, 0.25) is 5.15 Å². The number of fused-ring (bicyclic) bond motifs is 1. The Morgan fingerprint density at radius 2 is 1.67 bits per heavy atom. The molecule has 3 aromatic rings. The lowest BCUT2D eigenvalue weighted by molar-refractivity contribution is -0.274. The molecule has 0 fully saturated rings. The molecule has 0 saturated heterocycles. The molecule has 0 aliphatic heterocycles. The van der Waals surface area contributed by atoms with E-state index >= 15 is 0 Å². The van der Waals surface area contributed by atoms with Gasteiger partial charge in [-0.3, -0.25) is 0 Å². The van der Waals surface area contributed by atoms with Gasteiger partial charge in [0.25, 0.3) is 0 Å². The van der Waals surface area contributed by atoms with E-state index in [0.29, 0.717) is 11.0 Å². The second-order valence-electron chi connectivity index (χ2n) is 4.26. The molecule has 0 aliphatic carbocycles. The van der Waals surface area contributed by atoms with Gasteiger partial charge in [-0.2, -0.15) is 0 Å². The monoisotopic (exact) mass is 313 g/mol. The van der Waals surface area contributed by atoms with Crippen molar-refractivity contribution in [3.63, 3.8) is 0 Å². The van der Waals surface area contributed by atoms with Gasteiger partial charge in [0.1, 0.15) is 5.75 Å². The van der Waals surface area contributed by atoms with E-state index in [2.05, 4.69) is 9.89 Å². The fraction of sp³-hybridized carbons (Fsp3) is 0.0714. The Labute approximate surface area is 121 Å². The van der Waals surface area contributed by atoms with Crippen molar-refractivity contribution in [2.45, 2.75) is 6.36 Å². The van der Waals surface area contributed by atoms with Crippen LogP contribution in [0.25, 0.3) is 22.1 Å². The van der Waals surface area contributed by atoms with Crippen LogP contribution >= 0.6 is 11.6 Å². The van der Waals surface area contributed by atoms with Gasteiger partial charge in [0.05, 0.1) is 5.39 Å². The lowest BCUT2D eigenvalue weighted by Gasteiger charge is -2.09. The van der Waals surface area contributed by atoms with E-state index in [9.17, 15) is 13.2 Å². The number of halogens is 4. The first-order valence-electron chi connectivity index (χ1n) is 5.83. The Hall–Kier alpha value is -2.21. The number of benzene rings is 2. The molecule has 0 aliphatic rings. The van der Waals surface area contributed by atoms with Crippen LogP contribution in [0.15, 0.2) is 47.0 Å². The van der Waals surface area contributed by atoms with E-state index in [1.165, 1.54) is 24.3 Å². The number of hydrogen-bond donors (Lipinski definition) is 0. The number of rotatable bonds is 2. The summed E-state index contributed by atoms with van der Waals surface area (Å²) in [5.74, 6) is -0.268. The molecular formula is C14H7ClF3NO2. The average Bonchev–Trinajstić information content (AvgIpc) is 2.79. The fourth-order valence-electron chi connectivity index (χ4n) is 1.94. The minimum atomic E-state index is -4.70.